The normalized spacial score (nSPS) is 11.0. The number of aliphatic carboxylic acids is 2. The molecule has 0 saturated carbocycles. The highest BCUT2D eigenvalue weighted by molar-refractivity contribution is 5.67. The van der Waals surface area contributed by atoms with Gasteiger partial charge in [-0.15, -0.1) is 0 Å². The third-order valence-corrected chi connectivity index (χ3v) is 4.87. The number of nitrogens with zero attached hydrogens (tertiary/aromatic N) is 4. The predicted octanol–water partition coefficient (Wildman–Crippen LogP) is 3.46. The lowest BCUT2D eigenvalue weighted by Gasteiger charge is -2.16. The van der Waals surface area contributed by atoms with Crippen LogP contribution in [0.1, 0.15) is 64.5 Å². The first kappa shape index (κ1) is 33.1. The quantitative estimate of drug-likeness (QED) is 0.241. The summed E-state index contributed by atoms with van der Waals surface area (Å²) in [6, 6.07) is 3.82. The average molecular weight is 524 g/mol. The van der Waals surface area contributed by atoms with Crippen LogP contribution in [-0.2, 0) is 30.2 Å². The van der Waals surface area contributed by atoms with Crippen LogP contribution in [0.4, 0.5) is 10.6 Å². The zero-order valence-corrected chi connectivity index (χ0v) is 21.5. The van der Waals surface area contributed by atoms with Crippen LogP contribution in [0.5, 0.6) is 0 Å². The molecule has 0 aliphatic carbocycles. The van der Waals surface area contributed by atoms with Gasteiger partial charge in [0.1, 0.15) is 18.5 Å². The number of anilines is 1. The molecule has 13 nitrogen and oxygen atoms in total. The van der Waals surface area contributed by atoms with E-state index < -0.39 is 18.1 Å². The lowest BCUT2D eigenvalue weighted by Crippen LogP contribution is -2.23. The Morgan fingerprint density at radius 1 is 1.08 bits per heavy atom. The van der Waals surface area contributed by atoms with Gasteiger partial charge in [-0.1, -0.05) is 12.8 Å². The Labute approximate surface area is 216 Å². The van der Waals surface area contributed by atoms with Crippen LogP contribution in [0.2, 0.25) is 0 Å². The number of nitriles is 1. The van der Waals surface area contributed by atoms with E-state index in [9.17, 15) is 14.4 Å². The van der Waals surface area contributed by atoms with Crippen LogP contribution in [0.25, 0.3) is 5.52 Å². The van der Waals surface area contributed by atoms with Crippen LogP contribution in [0, 0.1) is 11.8 Å². The fourth-order valence-electron chi connectivity index (χ4n) is 3.07. The van der Waals surface area contributed by atoms with Crippen LogP contribution in [0.15, 0.2) is 18.5 Å². The number of hydrogen-bond donors (Lipinski definition) is 3. The molecule has 0 radical (unpaired) electrons. The van der Waals surface area contributed by atoms with Gasteiger partial charge in [-0.05, 0) is 51.7 Å². The number of nitrogens with two attached hydrogens (primary N) is 1. The molecule has 1 unspecified atom stereocenters. The standard InChI is InChI=1S/C15H22N4O4.C8H14O4.CHN/c1-10(2)23-15(20)22-8-12(21-3)6-4-11-5-7-13-14(16)17-9-18-19(11)13;9-7(10)5-3-1-2-4-6-8(11)12;1-2/h5,7,9-10,12H,4,6,8H2,1-3H3,(H2,16,17,18);1-6H2,(H,9,10)(H,11,12);1H. The van der Waals surface area contributed by atoms with Gasteiger partial charge in [0.05, 0.1) is 12.2 Å². The maximum atomic E-state index is 11.4. The van der Waals surface area contributed by atoms with Gasteiger partial charge >= 0.3 is 18.1 Å². The number of hydrogen-bond acceptors (Lipinski definition) is 10. The molecule has 0 saturated heterocycles. The number of ether oxygens (including phenoxy) is 3. The van der Waals surface area contributed by atoms with Crippen molar-refractivity contribution in [3.63, 3.8) is 0 Å². The Hall–Kier alpha value is -3.92. The second kappa shape index (κ2) is 19.3. The van der Waals surface area contributed by atoms with Crippen molar-refractivity contribution in [2.45, 2.75) is 77.4 Å². The first-order valence-electron chi connectivity index (χ1n) is 11.8. The zero-order chi connectivity index (χ0) is 28.2. The molecule has 0 spiro atoms. The Balaban J connectivity index is 0.000000786. The molecular formula is C24H37N5O8. The zero-order valence-electron chi connectivity index (χ0n) is 21.5. The lowest BCUT2D eigenvalue weighted by molar-refractivity contribution is -0.138. The molecule has 0 amide bonds. The van der Waals surface area contributed by atoms with Crippen molar-refractivity contribution in [2.24, 2.45) is 0 Å². The minimum Gasteiger partial charge on any atom is -0.481 e. The van der Waals surface area contributed by atoms with Crippen molar-refractivity contribution in [1.29, 1.82) is 5.26 Å². The number of aryl methyl sites for hydroxylation is 1. The summed E-state index contributed by atoms with van der Waals surface area (Å²) in [6.45, 7) is 7.17. The molecule has 0 bridgehead atoms. The number of carboxylic acids is 2. The van der Waals surface area contributed by atoms with Crippen molar-refractivity contribution in [1.82, 2.24) is 14.6 Å². The van der Waals surface area contributed by atoms with E-state index in [2.05, 4.69) is 16.7 Å². The van der Waals surface area contributed by atoms with Gasteiger partial charge in [0, 0.05) is 32.2 Å². The molecule has 0 aromatic carbocycles. The summed E-state index contributed by atoms with van der Waals surface area (Å²) in [6.07, 6.45) is 4.96. The van der Waals surface area contributed by atoms with E-state index in [0.717, 1.165) is 24.1 Å². The third-order valence-electron chi connectivity index (χ3n) is 4.87. The van der Waals surface area contributed by atoms with Gasteiger partial charge in [-0.25, -0.2) is 19.6 Å². The summed E-state index contributed by atoms with van der Waals surface area (Å²) < 4.78 is 17.1. The van der Waals surface area contributed by atoms with Gasteiger partial charge < -0.3 is 30.2 Å². The van der Waals surface area contributed by atoms with Crippen LogP contribution in [-0.4, -0.2) is 68.8 Å². The van der Waals surface area contributed by atoms with Crippen molar-refractivity contribution in [3.05, 3.63) is 24.2 Å². The molecule has 2 aromatic rings. The topological polar surface area (TPSA) is 199 Å². The lowest BCUT2D eigenvalue weighted by atomic mass is 10.1. The smallest absolute Gasteiger partial charge is 0.481 e. The molecule has 206 valence electrons. The van der Waals surface area contributed by atoms with E-state index in [4.69, 9.17) is 35.4 Å². The number of carbonyl (C=O) groups is 3. The second-order valence-electron chi connectivity index (χ2n) is 8.09. The summed E-state index contributed by atoms with van der Waals surface area (Å²) in [7, 11) is 1.58. The molecule has 0 aliphatic rings. The van der Waals surface area contributed by atoms with Crippen molar-refractivity contribution < 1.29 is 38.8 Å². The average Bonchev–Trinajstić information content (AvgIpc) is 3.27. The molecule has 1 atom stereocenters. The Morgan fingerprint density at radius 3 is 2.19 bits per heavy atom. The minimum absolute atomic E-state index is 0.141. The number of methoxy groups -OCH3 is 1. The number of rotatable bonds is 14. The summed E-state index contributed by atoms with van der Waals surface area (Å²) in [5, 5.41) is 27.2. The third kappa shape index (κ3) is 14.9. The van der Waals surface area contributed by atoms with Crippen molar-refractivity contribution in [2.75, 3.05) is 19.5 Å². The van der Waals surface area contributed by atoms with E-state index in [1.165, 1.54) is 6.33 Å². The van der Waals surface area contributed by atoms with Gasteiger partial charge in [-0.3, -0.25) is 9.59 Å². The molecule has 2 rings (SSSR count). The molecule has 2 aromatic heterocycles. The van der Waals surface area contributed by atoms with Crippen LogP contribution in [0.3, 0.4) is 0 Å². The van der Waals surface area contributed by atoms with Gasteiger partial charge in [0.2, 0.25) is 0 Å². The minimum atomic E-state index is -0.784. The Bertz CT molecular complexity index is 958. The number of carboxylic acid groups (broad SMARTS) is 2. The molecule has 13 heteroatoms. The predicted molar refractivity (Wildman–Crippen MR) is 134 cm³/mol. The summed E-state index contributed by atoms with van der Waals surface area (Å²) in [5.41, 5.74) is 7.56. The summed E-state index contributed by atoms with van der Waals surface area (Å²) in [5.74, 6) is -1.13. The first-order valence-corrected chi connectivity index (χ1v) is 11.8. The molecule has 4 N–H and O–H groups in total. The number of unbranched alkanes of at least 4 members (excludes halogenated alkanes) is 3. The van der Waals surface area contributed by atoms with E-state index in [-0.39, 0.29) is 31.7 Å². The first-order chi connectivity index (χ1) is 17.6. The second-order valence-corrected chi connectivity index (χ2v) is 8.09. The SMILES string of the molecule is C#N.COC(CCc1ccc2c(N)ncnn12)COC(=O)OC(C)C.O=C(O)CCCCCCC(=O)O. The highest BCUT2D eigenvalue weighted by Crippen LogP contribution is 2.15. The van der Waals surface area contributed by atoms with Crippen LogP contribution < -0.4 is 5.73 Å². The maximum absolute atomic E-state index is 11.4. The van der Waals surface area contributed by atoms with Crippen LogP contribution >= 0.6 is 0 Å². The van der Waals surface area contributed by atoms with Crippen molar-refractivity contribution in [3.8, 4) is 6.57 Å². The highest BCUT2D eigenvalue weighted by Gasteiger charge is 2.15. The summed E-state index contributed by atoms with van der Waals surface area (Å²) >= 11 is 0. The molecule has 0 fully saturated rings. The van der Waals surface area contributed by atoms with E-state index in [1.807, 2.05) is 12.1 Å². The maximum Gasteiger partial charge on any atom is 0.508 e. The van der Waals surface area contributed by atoms with Gasteiger partial charge in [-0.2, -0.15) is 5.10 Å². The molecule has 37 heavy (non-hydrogen) atoms. The van der Waals surface area contributed by atoms with E-state index >= 15 is 0 Å². The summed E-state index contributed by atoms with van der Waals surface area (Å²) in [4.78, 5) is 35.4. The van der Waals surface area contributed by atoms with Gasteiger partial charge in [0.15, 0.2) is 5.82 Å². The van der Waals surface area contributed by atoms with Crippen molar-refractivity contribution >= 4 is 29.4 Å². The number of nitrogen functional groups attached to an aromatic ring is 1. The van der Waals surface area contributed by atoms with E-state index in [1.54, 1.807) is 25.5 Å². The highest BCUT2D eigenvalue weighted by atomic mass is 16.7. The largest absolute Gasteiger partial charge is 0.508 e. The molecular weight excluding hydrogens is 486 g/mol. The van der Waals surface area contributed by atoms with Gasteiger partial charge in [0.25, 0.3) is 0 Å². The number of aromatic nitrogens is 3. The molecule has 2 heterocycles. The molecule has 0 aliphatic heterocycles. The number of carbonyl (C=O) groups excluding carboxylic acids is 1. The monoisotopic (exact) mass is 523 g/mol. The Morgan fingerprint density at radius 2 is 1.68 bits per heavy atom. The van der Waals surface area contributed by atoms with E-state index in [0.29, 0.717) is 31.5 Å². The number of fused-ring (bicyclic) bond motifs is 1. The Kier molecular flexibility index (Phi) is 17.2. The fraction of sp³-hybridized carbons (Fsp3) is 0.583. The fourth-order valence-corrected chi connectivity index (χ4v) is 3.07.